The van der Waals surface area contributed by atoms with Gasteiger partial charge in [0.2, 0.25) is 15.9 Å². The van der Waals surface area contributed by atoms with E-state index in [4.69, 9.17) is 10.5 Å². The number of carbonyl (C=O) groups is 2. The Labute approximate surface area is 158 Å². The summed E-state index contributed by atoms with van der Waals surface area (Å²) < 4.78 is 37.3. The van der Waals surface area contributed by atoms with Crippen LogP contribution in [0.25, 0.3) is 0 Å². The molecule has 0 spiro atoms. The molecule has 10 heteroatoms. The molecule has 0 aliphatic carbocycles. The van der Waals surface area contributed by atoms with Gasteiger partial charge in [-0.3, -0.25) is 4.79 Å². The van der Waals surface area contributed by atoms with Crippen molar-refractivity contribution in [2.75, 3.05) is 40.4 Å². The molecule has 0 radical (unpaired) electrons. The van der Waals surface area contributed by atoms with Gasteiger partial charge in [0.15, 0.2) is 0 Å². The Hall–Kier alpha value is -2.17. The number of nitrogens with zero attached hydrogens (tertiary/aromatic N) is 1. The van der Waals surface area contributed by atoms with Crippen molar-refractivity contribution in [3.8, 4) is 5.75 Å². The van der Waals surface area contributed by atoms with E-state index in [0.717, 1.165) is 0 Å². The Balaban J connectivity index is 2.26. The lowest BCUT2D eigenvalue weighted by molar-refractivity contribution is -0.126. The number of amides is 1. The number of rotatable bonds is 7. The second-order valence-corrected chi connectivity index (χ2v) is 8.05. The topological polar surface area (TPSA) is 128 Å². The van der Waals surface area contributed by atoms with Crippen LogP contribution in [0, 0.1) is 5.92 Å². The molecule has 0 aromatic heterocycles. The molecule has 2 rings (SSSR count). The van der Waals surface area contributed by atoms with Gasteiger partial charge in [0.1, 0.15) is 10.6 Å². The first kappa shape index (κ1) is 21.1. The molecular weight excluding hydrogens is 374 g/mol. The number of nitrogens with two attached hydrogens (primary N) is 1. The zero-order chi connectivity index (χ0) is 20.0. The number of hydrogen-bond acceptors (Lipinski definition) is 7. The van der Waals surface area contributed by atoms with Crippen LogP contribution in [0.3, 0.4) is 0 Å². The summed E-state index contributed by atoms with van der Waals surface area (Å²) in [7, 11) is -1.32. The van der Waals surface area contributed by atoms with Crippen LogP contribution in [0.5, 0.6) is 5.75 Å². The highest BCUT2D eigenvalue weighted by Crippen LogP contribution is 2.30. The van der Waals surface area contributed by atoms with E-state index in [2.05, 4.69) is 10.1 Å². The summed E-state index contributed by atoms with van der Waals surface area (Å²) >= 11 is 0. The molecule has 1 saturated heterocycles. The number of methoxy groups -OCH3 is 2. The van der Waals surface area contributed by atoms with E-state index in [1.165, 1.54) is 36.7 Å². The zero-order valence-electron chi connectivity index (χ0n) is 15.4. The van der Waals surface area contributed by atoms with Crippen LogP contribution in [-0.2, 0) is 19.6 Å². The lowest BCUT2D eigenvalue weighted by Crippen LogP contribution is -2.46. The first-order chi connectivity index (χ1) is 12.8. The van der Waals surface area contributed by atoms with Crippen molar-refractivity contribution in [2.45, 2.75) is 17.7 Å². The predicted octanol–water partition coefficient (Wildman–Crippen LogP) is -0.0426. The molecule has 1 amide bonds. The highest BCUT2D eigenvalue weighted by atomic mass is 32.2. The van der Waals surface area contributed by atoms with Crippen LogP contribution >= 0.6 is 0 Å². The number of carbonyl (C=O) groups excluding carboxylic acids is 2. The second-order valence-electron chi connectivity index (χ2n) is 6.14. The van der Waals surface area contributed by atoms with E-state index in [1.807, 2.05) is 0 Å². The lowest BCUT2D eigenvalue weighted by atomic mass is 9.99. The third-order valence-corrected chi connectivity index (χ3v) is 6.31. The quantitative estimate of drug-likeness (QED) is 0.616. The molecule has 1 aliphatic rings. The van der Waals surface area contributed by atoms with Gasteiger partial charge < -0.3 is 20.5 Å². The van der Waals surface area contributed by atoms with Crippen molar-refractivity contribution in [3.63, 3.8) is 0 Å². The van der Waals surface area contributed by atoms with Gasteiger partial charge in [0.25, 0.3) is 0 Å². The molecular formula is C17H25N3O6S. The maximum atomic E-state index is 13.1. The standard InChI is InChI=1S/C17H25N3O6S/c1-25-14-10-12(17(22)26-2)5-6-15(14)27(23,24)20-9-3-4-13(11-20)16(21)19-8-7-18/h5-6,10,13H,3-4,7-9,11,18H2,1-2H3,(H,19,21). The van der Waals surface area contributed by atoms with Crippen molar-refractivity contribution < 1.29 is 27.5 Å². The summed E-state index contributed by atoms with van der Waals surface area (Å²) in [6, 6.07) is 4.02. The molecule has 1 heterocycles. The second kappa shape index (κ2) is 9.16. The average Bonchev–Trinajstić information content (AvgIpc) is 2.70. The normalized spacial score (nSPS) is 18.0. The van der Waals surface area contributed by atoms with E-state index < -0.39 is 21.9 Å². The van der Waals surface area contributed by atoms with Gasteiger partial charge in [0, 0.05) is 26.2 Å². The number of piperidine rings is 1. The number of benzene rings is 1. The molecule has 3 N–H and O–H groups in total. The summed E-state index contributed by atoms with van der Waals surface area (Å²) in [6.07, 6.45) is 1.18. The SMILES string of the molecule is COC(=O)c1ccc(S(=O)(=O)N2CCCC(C(=O)NCCN)C2)c(OC)c1. The smallest absolute Gasteiger partial charge is 0.337 e. The minimum atomic E-state index is -3.89. The zero-order valence-corrected chi connectivity index (χ0v) is 16.3. The summed E-state index contributed by atoms with van der Waals surface area (Å²) in [5, 5.41) is 2.70. The number of sulfonamides is 1. The van der Waals surface area contributed by atoms with E-state index in [9.17, 15) is 18.0 Å². The third kappa shape index (κ3) is 4.76. The largest absolute Gasteiger partial charge is 0.495 e. The maximum Gasteiger partial charge on any atom is 0.337 e. The minimum Gasteiger partial charge on any atom is -0.495 e. The minimum absolute atomic E-state index is 0.0487. The molecule has 0 saturated carbocycles. The third-order valence-electron chi connectivity index (χ3n) is 4.40. The molecule has 150 valence electrons. The molecule has 1 aliphatic heterocycles. The predicted molar refractivity (Wildman–Crippen MR) is 97.9 cm³/mol. The van der Waals surface area contributed by atoms with Gasteiger partial charge in [-0.15, -0.1) is 0 Å². The van der Waals surface area contributed by atoms with Crippen LogP contribution in [0.1, 0.15) is 23.2 Å². The van der Waals surface area contributed by atoms with E-state index in [1.54, 1.807) is 0 Å². The summed E-state index contributed by atoms with van der Waals surface area (Å²) in [4.78, 5) is 23.8. The van der Waals surface area contributed by atoms with Crippen LogP contribution < -0.4 is 15.8 Å². The number of ether oxygens (including phenoxy) is 2. The molecule has 0 bridgehead atoms. The van der Waals surface area contributed by atoms with Crippen molar-refractivity contribution in [1.82, 2.24) is 9.62 Å². The van der Waals surface area contributed by atoms with Crippen LogP contribution in [0.15, 0.2) is 23.1 Å². The van der Waals surface area contributed by atoms with E-state index >= 15 is 0 Å². The lowest BCUT2D eigenvalue weighted by Gasteiger charge is -2.31. The molecule has 1 fully saturated rings. The Kier molecular flexibility index (Phi) is 7.17. The van der Waals surface area contributed by atoms with Crippen LogP contribution in [0.2, 0.25) is 0 Å². The fourth-order valence-electron chi connectivity index (χ4n) is 2.98. The highest BCUT2D eigenvalue weighted by molar-refractivity contribution is 7.89. The van der Waals surface area contributed by atoms with E-state index in [-0.39, 0.29) is 28.7 Å². The summed E-state index contributed by atoms with van der Waals surface area (Å²) in [5.74, 6) is -1.17. The van der Waals surface area contributed by atoms with Crippen molar-refractivity contribution in [3.05, 3.63) is 23.8 Å². The van der Waals surface area contributed by atoms with Gasteiger partial charge in [-0.2, -0.15) is 4.31 Å². The van der Waals surface area contributed by atoms with Gasteiger partial charge in [-0.25, -0.2) is 13.2 Å². The summed E-state index contributed by atoms with van der Waals surface area (Å²) in [5.41, 5.74) is 5.57. The van der Waals surface area contributed by atoms with Gasteiger partial charge in [-0.05, 0) is 31.0 Å². The van der Waals surface area contributed by atoms with E-state index in [0.29, 0.717) is 32.5 Å². The van der Waals surface area contributed by atoms with Crippen LogP contribution in [-0.4, -0.2) is 65.0 Å². The van der Waals surface area contributed by atoms with Gasteiger partial charge >= 0.3 is 5.97 Å². The fourth-order valence-corrected chi connectivity index (χ4v) is 4.64. The number of hydrogen-bond donors (Lipinski definition) is 2. The van der Waals surface area contributed by atoms with Gasteiger partial charge in [0.05, 0.1) is 25.7 Å². The number of nitrogens with one attached hydrogen (secondary N) is 1. The van der Waals surface area contributed by atoms with Gasteiger partial charge in [-0.1, -0.05) is 0 Å². The maximum absolute atomic E-state index is 13.1. The monoisotopic (exact) mass is 399 g/mol. The van der Waals surface area contributed by atoms with Crippen LogP contribution in [0.4, 0.5) is 0 Å². The number of esters is 1. The summed E-state index contributed by atoms with van der Waals surface area (Å²) in [6.45, 7) is 1.07. The van der Waals surface area contributed by atoms with Crippen molar-refractivity contribution in [1.29, 1.82) is 0 Å². The Bertz CT molecular complexity index is 796. The molecule has 1 unspecified atom stereocenters. The molecule has 1 aromatic carbocycles. The highest BCUT2D eigenvalue weighted by Gasteiger charge is 2.35. The fraction of sp³-hybridized carbons (Fsp3) is 0.529. The first-order valence-corrected chi connectivity index (χ1v) is 10.0. The molecule has 9 nitrogen and oxygen atoms in total. The molecule has 27 heavy (non-hydrogen) atoms. The first-order valence-electron chi connectivity index (χ1n) is 8.59. The Morgan fingerprint density at radius 2 is 2.07 bits per heavy atom. The van der Waals surface area contributed by atoms with Crippen molar-refractivity contribution >= 4 is 21.9 Å². The molecule has 1 atom stereocenters. The average molecular weight is 399 g/mol. The molecule has 1 aromatic rings. The Morgan fingerprint density at radius 1 is 1.33 bits per heavy atom. The Morgan fingerprint density at radius 3 is 2.70 bits per heavy atom. The van der Waals surface area contributed by atoms with Crippen molar-refractivity contribution in [2.24, 2.45) is 11.7 Å².